The third-order valence-electron chi connectivity index (χ3n) is 3.33. The smallest absolute Gasteiger partial charge is 0.271 e. The molecule has 104 valence electrons. The molecule has 1 saturated heterocycles. The Kier molecular flexibility index (Phi) is 5.34. The maximum atomic E-state index is 12.1. The zero-order valence-electron chi connectivity index (χ0n) is 11.2. The summed E-state index contributed by atoms with van der Waals surface area (Å²) in [6.07, 6.45) is 5.51. The molecule has 1 atom stereocenters. The molecular formula is C14H20BrN3O. The van der Waals surface area contributed by atoms with Crippen LogP contribution in [0.5, 0.6) is 0 Å². The minimum Gasteiger partial charge on any atom is -0.347 e. The highest BCUT2D eigenvalue weighted by Crippen LogP contribution is 2.13. The van der Waals surface area contributed by atoms with Crippen LogP contribution < -0.4 is 5.32 Å². The lowest BCUT2D eigenvalue weighted by Crippen LogP contribution is -2.43. The van der Waals surface area contributed by atoms with Crippen molar-refractivity contribution in [2.75, 3.05) is 19.6 Å². The van der Waals surface area contributed by atoms with Gasteiger partial charge in [-0.05, 0) is 60.9 Å². The third kappa shape index (κ3) is 4.28. The maximum absolute atomic E-state index is 12.1. The van der Waals surface area contributed by atoms with E-state index < -0.39 is 0 Å². The summed E-state index contributed by atoms with van der Waals surface area (Å²) in [6.45, 7) is 5.25. The Balaban J connectivity index is 1.86. The van der Waals surface area contributed by atoms with Crippen molar-refractivity contribution in [1.29, 1.82) is 0 Å². The monoisotopic (exact) mass is 325 g/mol. The molecule has 1 aliphatic heterocycles. The maximum Gasteiger partial charge on any atom is 0.271 e. The summed E-state index contributed by atoms with van der Waals surface area (Å²) < 4.78 is 0.734. The largest absolute Gasteiger partial charge is 0.347 e. The van der Waals surface area contributed by atoms with Gasteiger partial charge in [-0.2, -0.15) is 0 Å². The molecule has 0 bridgehead atoms. The lowest BCUT2D eigenvalue weighted by atomic mass is 10.1. The molecule has 0 radical (unpaired) electrons. The van der Waals surface area contributed by atoms with Crippen LogP contribution in [-0.4, -0.2) is 41.5 Å². The highest BCUT2D eigenvalue weighted by molar-refractivity contribution is 9.10. The van der Waals surface area contributed by atoms with Crippen LogP contribution in [-0.2, 0) is 0 Å². The number of likely N-dealkylation sites (tertiary alicyclic amines) is 1. The van der Waals surface area contributed by atoms with Crippen molar-refractivity contribution in [3.63, 3.8) is 0 Å². The van der Waals surface area contributed by atoms with Gasteiger partial charge in [0, 0.05) is 23.3 Å². The van der Waals surface area contributed by atoms with E-state index in [0.29, 0.717) is 5.69 Å². The second-order valence-corrected chi connectivity index (χ2v) is 5.92. The molecular weight excluding hydrogens is 306 g/mol. The molecule has 1 aliphatic rings. The lowest BCUT2D eigenvalue weighted by Gasteiger charge is -2.29. The molecule has 0 aromatic carbocycles. The molecule has 2 rings (SSSR count). The first kappa shape index (κ1) is 14.5. The average Bonchev–Trinajstić information content (AvgIpc) is 2.40. The number of carbonyl (C=O) groups is 1. The molecule has 1 amide bonds. The first-order chi connectivity index (χ1) is 9.16. The fraction of sp³-hybridized carbons (Fsp3) is 0.571. The summed E-state index contributed by atoms with van der Waals surface area (Å²) in [6, 6.07) is 3.77. The Labute approximate surface area is 122 Å². The molecule has 0 spiro atoms. The fourth-order valence-corrected chi connectivity index (χ4v) is 2.85. The topological polar surface area (TPSA) is 45.2 Å². The minimum atomic E-state index is -0.114. The number of nitrogens with zero attached hydrogens (tertiary/aromatic N) is 2. The summed E-state index contributed by atoms with van der Waals surface area (Å²) in [5, 5.41) is 3.01. The molecule has 1 aromatic rings. The van der Waals surface area contributed by atoms with Crippen molar-refractivity contribution in [2.45, 2.75) is 32.2 Å². The van der Waals surface area contributed by atoms with Gasteiger partial charge in [0.25, 0.3) is 5.91 Å². The van der Waals surface area contributed by atoms with Crippen molar-refractivity contribution < 1.29 is 4.79 Å². The summed E-state index contributed by atoms with van der Waals surface area (Å²) >= 11 is 3.35. The van der Waals surface area contributed by atoms with Crippen LogP contribution in [0.3, 0.4) is 0 Å². The van der Waals surface area contributed by atoms with Gasteiger partial charge in [-0.15, -0.1) is 0 Å². The number of aromatic nitrogens is 1. The van der Waals surface area contributed by atoms with Crippen molar-refractivity contribution in [1.82, 2.24) is 15.2 Å². The number of carbonyl (C=O) groups excluding carboxylic acids is 1. The molecule has 4 nitrogen and oxygen atoms in total. The van der Waals surface area contributed by atoms with Gasteiger partial charge in [0.15, 0.2) is 0 Å². The molecule has 19 heavy (non-hydrogen) atoms. The van der Waals surface area contributed by atoms with Gasteiger partial charge in [0.05, 0.1) is 0 Å². The van der Waals surface area contributed by atoms with E-state index in [1.165, 1.54) is 19.3 Å². The number of amides is 1. The lowest BCUT2D eigenvalue weighted by molar-refractivity contribution is 0.0920. The highest BCUT2D eigenvalue weighted by Gasteiger charge is 2.17. The van der Waals surface area contributed by atoms with Crippen LogP contribution in [0.2, 0.25) is 0 Å². The molecule has 0 aliphatic carbocycles. The van der Waals surface area contributed by atoms with Crippen LogP contribution in [0.1, 0.15) is 36.7 Å². The molecule has 0 saturated carbocycles. The van der Waals surface area contributed by atoms with Gasteiger partial charge in [-0.25, -0.2) is 4.98 Å². The van der Waals surface area contributed by atoms with Crippen LogP contribution in [0.15, 0.2) is 22.8 Å². The Bertz CT molecular complexity index is 432. The second kappa shape index (κ2) is 7.01. The first-order valence-electron chi connectivity index (χ1n) is 6.80. The van der Waals surface area contributed by atoms with Crippen molar-refractivity contribution in [3.05, 3.63) is 28.5 Å². The second-order valence-electron chi connectivity index (χ2n) is 5.07. The summed E-state index contributed by atoms with van der Waals surface area (Å²) in [5.74, 6) is -0.114. The summed E-state index contributed by atoms with van der Waals surface area (Å²) in [7, 11) is 0. The van der Waals surface area contributed by atoms with Gasteiger partial charge in [-0.1, -0.05) is 6.42 Å². The minimum absolute atomic E-state index is 0.114. The highest BCUT2D eigenvalue weighted by atomic mass is 79.9. The van der Waals surface area contributed by atoms with E-state index in [-0.39, 0.29) is 11.9 Å². The average molecular weight is 326 g/mol. The number of piperidine rings is 1. The molecule has 1 N–H and O–H groups in total. The van der Waals surface area contributed by atoms with E-state index in [9.17, 15) is 4.79 Å². The van der Waals surface area contributed by atoms with E-state index in [1.54, 1.807) is 12.3 Å². The van der Waals surface area contributed by atoms with Crippen LogP contribution in [0, 0.1) is 0 Å². The Morgan fingerprint density at radius 1 is 1.47 bits per heavy atom. The van der Waals surface area contributed by atoms with Gasteiger partial charge < -0.3 is 10.2 Å². The molecule has 1 fully saturated rings. The Hall–Kier alpha value is -0.940. The molecule has 1 unspecified atom stereocenters. The van der Waals surface area contributed by atoms with Crippen molar-refractivity contribution in [2.24, 2.45) is 0 Å². The van der Waals surface area contributed by atoms with E-state index >= 15 is 0 Å². The zero-order valence-corrected chi connectivity index (χ0v) is 12.8. The number of nitrogens with one attached hydrogen (secondary N) is 1. The molecule has 5 heteroatoms. The molecule has 1 aromatic heterocycles. The summed E-state index contributed by atoms with van der Waals surface area (Å²) in [5.41, 5.74) is 0.452. The van der Waals surface area contributed by atoms with E-state index in [1.807, 2.05) is 13.0 Å². The van der Waals surface area contributed by atoms with Gasteiger partial charge in [0.2, 0.25) is 0 Å². The normalized spacial score (nSPS) is 18.0. The van der Waals surface area contributed by atoms with E-state index in [0.717, 1.165) is 24.1 Å². The predicted octanol–water partition coefficient (Wildman–Crippen LogP) is 2.45. The Morgan fingerprint density at radius 2 is 2.21 bits per heavy atom. The van der Waals surface area contributed by atoms with Gasteiger partial charge >= 0.3 is 0 Å². The SMILES string of the molecule is CC(CN1CCCCC1)NC(=O)c1ncccc1Br. The predicted molar refractivity (Wildman–Crippen MR) is 79.2 cm³/mol. The van der Waals surface area contributed by atoms with Crippen LogP contribution in [0.25, 0.3) is 0 Å². The first-order valence-corrected chi connectivity index (χ1v) is 7.60. The quantitative estimate of drug-likeness (QED) is 0.924. The summed E-state index contributed by atoms with van der Waals surface area (Å²) in [4.78, 5) is 18.6. The van der Waals surface area contributed by atoms with Crippen LogP contribution in [0.4, 0.5) is 0 Å². The standard InChI is InChI=1S/C14H20BrN3O/c1-11(10-18-8-3-2-4-9-18)17-14(19)13-12(15)6-5-7-16-13/h5-7,11H,2-4,8-10H2,1H3,(H,17,19). The zero-order chi connectivity index (χ0) is 13.7. The van der Waals surface area contributed by atoms with Crippen molar-refractivity contribution in [3.8, 4) is 0 Å². The fourth-order valence-electron chi connectivity index (χ4n) is 2.42. The van der Waals surface area contributed by atoms with E-state index in [2.05, 4.69) is 31.1 Å². The number of halogens is 1. The number of hydrogen-bond donors (Lipinski definition) is 1. The third-order valence-corrected chi connectivity index (χ3v) is 3.97. The number of rotatable bonds is 4. The van der Waals surface area contributed by atoms with Gasteiger partial charge in [0.1, 0.15) is 5.69 Å². The van der Waals surface area contributed by atoms with Crippen LogP contribution >= 0.6 is 15.9 Å². The van der Waals surface area contributed by atoms with Gasteiger partial charge in [-0.3, -0.25) is 4.79 Å². The van der Waals surface area contributed by atoms with Crippen molar-refractivity contribution >= 4 is 21.8 Å². The Morgan fingerprint density at radius 3 is 2.89 bits per heavy atom. The van der Waals surface area contributed by atoms with E-state index in [4.69, 9.17) is 0 Å². The number of pyridine rings is 1. The number of hydrogen-bond acceptors (Lipinski definition) is 3. The molecule has 2 heterocycles.